The van der Waals surface area contributed by atoms with Crippen LogP contribution in [0.15, 0.2) is 30.3 Å². The maximum absolute atomic E-state index is 6.39. The van der Waals surface area contributed by atoms with Gasteiger partial charge in [-0.15, -0.1) is 0 Å². The van der Waals surface area contributed by atoms with Crippen molar-refractivity contribution in [2.24, 2.45) is 0 Å². The first-order chi connectivity index (χ1) is 12.1. The van der Waals surface area contributed by atoms with Crippen LogP contribution in [0.4, 0.5) is 0 Å². The van der Waals surface area contributed by atoms with Gasteiger partial charge in [0.15, 0.2) is 0 Å². The van der Waals surface area contributed by atoms with E-state index in [1.54, 1.807) is 0 Å². The van der Waals surface area contributed by atoms with Crippen LogP contribution in [0.5, 0.6) is 0 Å². The molecule has 1 aliphatic heterocycles. The van der Waals surface area contributed by atoms with Crippen LogP contribution < -0.4 is 5.46 Å². The monoisotopic (exact) mass is 366 g/mol. The molecule has 146 valence electrons. The van der Waals surface area contributed by atoms with E-state index in [1.807, 2.05) is 0 Å². The highest BCUT2D eigenvalue weighted by Crippen LogP contribution is 2.40. The second kappa shape index (κ2) is 6.09. The number of hydrogen-bond acceptors (Lipinski definition) is 2. The van der Waals surface area contributed by atoms with E-state index in [0.717, 1.165) is 5.46 Å². The molecule has 0 saturated carbocycles. The van der Waals surface area contributed by atoms with Gasteiger partial charge < -0.3 is 9.31 Å². The van der Waals surface area contributed by atoms with E-state index in [1.165, 1.54) is 22.3 Å². The lowest BCUT2D eigenvalue weighted by molar-refractivity contribution is 0.00578. The standard InChI is InChI=1S/C24H35BO2/c1-21(2,3)16-11-13-17-18(14-12-16)20(15-19(17)22(4,5)6)25-26-23(7,8)24(9,10)27-25/h11-15H,1-10H3. The topological polar surface area (TPSA) is 18.5 Å². The fourth-order valence-electron chi connectivity index (χ4n) is 3.66. The fraction of sp³-hybridized carbons (Fsp3) is 0.583. The lowest BCUT2D eigenvalue weighted by Gasteiger charge is -2.32. The Hall–Kier alpha value is -1.32. The van der Waals surface area contributed by atoms with Crippen LogP contribution in [0, 0.1) is 0 Å². The molecule has 2 aliphatic carbocycles. The number of hydrogen-bond donors (Lipinski definition) is 0. The quantitative estimate of drug-likeness (QED) is 0.604. The summed E-state index contributed by atoms with van der Waals surface area (Å²) in [6, 6.07) is 11.4. The first-order valence-corrected chi connectivity index (χ1v) is 10.1. The van der Waals surface area contributed by atoms with Crippen molar-refractivity contribution in [3.05, 3.63) is 41.5 Å². The van der Waals surface area contributed by atoms with Gasteiger partial charge >= 0.3 is 7.12 Å². The van der Waals surface area contributed by atoms with Gasteiger partial charge in [0.05, 0.1) is 11.2 Å². The lowest BCUT2D eigenvalue weighted by Crippen LogP contribution is -2.41. The van der Waals surface area contributed by atoms with Crippen LogP contribution >= 0.6 is 0 Å². The molecular weight excluding hydrogens is 331 g/mol. The summed E-state index contributed by atoms with van der Waals surface area (Å²) in [4.78, 5) is 0. The molecule has 1 fully saturated rings. The molecule has 0 radical (unpaired) electrons. The molecule has 3 aliphatic rings. The normalized spacial score (nSPS) is 19.7. The molecule has 3 heteroatoms. The Bertz CT molecular complexity index is 805. The van der Waals surface area contributed by atoms with Crippen LogP contribution in [-0.4, -0.2) is 18.3 Å². The smallest absolute Gasteiger partial charge is 0.399 e. The first-order valence-electron chi connectivity index (χ1n) is 10.1. The number of rotatable bonds is 1. The van der Waals surface area contributed by atoms with Gasteiger partial charge in [-0.2, -0.15) is 0 Å². The van der Waals surface area contributed by atoms with Crippen molar-refractivity contribution in [3.8, 4) is 11.1 Å². The Labute approximate surface area is 166 Å². The van der Waals surface area contributed by atoms with Crippen LogP contribution in [0.2, 0.25) is 0 Å². The summed E-state index contributed by atoms with van der Waals surface area (Å²) in [5, 5.41) is 0. The van der Waals surface area contributed by atoms with E-state index in [9.17, 15) is 0 Å². The third-order valence-electron chi connectivity index (χ3n) is 6.23. The molecule has 2 nitrogen and oxygen atoms in total. The molecule has 0 atom stereocenters. The van der Waals surface area contributed by atoms with E-state index in [2.05, 4.69) is 99.6 Å². The van der Waals surface area contributed by atoms with Gasteiger partial charge in [-0.1, -0.05) is 71.9 Å². The van der Waals surface area contributed by atoms with Gasteiger partial charge in [-0.25, -0.2) is 0 Å². The van der Waals surface area contributed by atoms with Gasteiger partial charge in [0.25, 0.3) is 0 Å². The van der Waals surface area contributed by atoms with E-state index >= 15 is 0 Å². The Morgan fingerprint density at radius 1 is 0.704 bits per heavy atom. The van der Waals surface area contributed by atoms with Crippen molar-refractivity contribution in [2.45, 2.75) is 91.3 Å². The molecule has 0 amide bonds. The highest BCUT2D eigenvalue weighted by Gasteiger charge is 2.52. The average Bonchev–Trinajstić information content (AvgIpc) is 2.82. The second-order valence-corrected chi connectivity index (χ2v) is 11.1. The summed E-state index contributed by atoms with van der Waals surface area (Å²) in [5.74, 6) is 0. The highest BCUT2D eigenvalue weighted by atomic mass is 16.7. The third-order valence-corrected chi connectivity index (χ3v) is 6.23. The minimum atomic E-state index is -0.339. The maximum Gasteiger partial charge on any atom is 0.495 e. The van der Waals surface area contributed by atoms with Gasteiger partial charge in [0.2, 0.25) is 0 Å². The Morgan fingerprint density at radius 3 is 1.63 bits per heavy atom. The molecule has 0 aromatic carbocycles. The minimum absolute atomic E-state index is 0.0520. The van der Waals surface area contributed by atoms with Crippen molar-refractivity contribution < 1.29 is 9.31 Å². The zero-order valence-electron chi connectivity index (χ0n) is 18.8. The van der Waals surface area contributed by atoms with Gasteiger partial charge in [0, 0.05) is 0 Å². The predicted octanol–water partition coefficient (Wildman–Crippen LogP) is 5.69. The Morgan fingerprint density at radius 2 is 1.19 bits per heavy atom. The first kappa shape index (κ1) is 20.4. The van der Waals surface area contributed by atoms with E-state index in [-0.39, 0.29) is 29.2 Å². The van der Waals surface area contributed by atoms with Crippen molar-refractivity contribution >= 4 is 12.6 Å². The predicted molar refractivity (Wildman–Crippen MR) is 116 cm³/mol. The second-order valence-electron chi connectivity index (χ2n) is 11.1. The zero-order valence-corrected chi connectivity index (χ0v) is 18.8. The SMILES string of the molecule is CC(C)(C)c1ccc2c(B3OC(C)(C)C(C)(C)O3)cc(C(C)(C)C)c-2cc1. The summed E-state index contributed by atoms with van der Waals surface area (Å²) in [6.45, 7) is 22.0. The molecule has 0 aromatic heterocycles. The Kier molecular flexibility index (Phi) is 4.61. The molecule has 27 heavy (non-hydrogen) atoms. The van der Waals surface area contributed by atoms with Gasteiger partial charge in [0.1, 0.15) is 0 Å². The van der Waals surface area contributed by atoms with Crippen LogP contribution in [0.3, 0.4) is 0 Å². The van der Waals surface area contributed by atoms with Crippen LogP contribution in [0.1, 0.15) is 80.4 Å². The molecule has 0 N–H and O–H groups in total. The summed E-state index contributed by atoms with van der Waals surface area (Å²) in [5.41, 5.74) is 5.84. The highest BCUT2D eigenvalue weighted by molar-refractivity contribution is 6.64. The molecule has 1 heterocycles. The summed E-state index contributed by atoms with van der Waals surface area (Å²) in [7, 11) is -0.339. The summed E-state index contributed by atoms with van der Waals surface area (Å²) < 4.78 is 12.8. The minimum Gasteiger partial charge on any atom is -0.399 e. The van der Waals surface area contributed by atoms with Crippen molar-refractivity contribution in [3.63, 3.8) is 0 Å². The molecule has 0 unspecified atom stereocenters. The molecule has 0 bridgehead atoms. The van der Waals surface area contributed by atoms with Crippen LogP contribution in [0.25, 0.3) is 11.1 Å². The Balaban J connectivity index is 2.20. The largest absolute Gasteiger partial charge is 0.495 e. The fourth-order valence-corrected chi connectivity index (χ4v) is 3.66. The molecule has 0 aromatic rings. The van der Waals surface area contributed by atoms with Crippen LogP contribution in [-0.2, 0) is 20.1 Å². The lowest BCUT2D eigenvalue weighted by atomic mass is 9.77. The van der Waals surface area contributed by atoms with E-state index < -0.39 is 0 Å². The summed E-state index contributed by atoms with van der Waals surface area (Å²) in [6.07, 6.45) is 0. The van der Waals surface area contributed by atoms with Gasteiger partial charge in [-0.3, -0.25) is 0 Å². The van der Waals surface area contributed by atoms with Gasteiger partial charge in [-0.05, 0) is 66.2 Å². The van der Waals surface area contributed by atoms with Crippen molar-refractivity contribution in [1.82, 2.24) is 0 Å². The molecular formula is C24H35BO2. The maximum atomic E-state index is 6.39. The molecule has 1 saturated heterocycles. The summed E-state index contributed by atoms with van der Waals surface area (Å²) >= 11 is 0. The third kappa shape index (κ3) is 3.57. The number of fused-ring (bicyclic) bond motifs is 1. The molecule has 3 rings (SSSR count). The average molecular weight is 366 g/mol. The van der Waals surface area contributed by atoms with Crippen molar-refractivity contribution in [2.75, 3.05) is 0 Å². The van der Waals surface area contributed by atoms with E-state index in [4.69, 9.17) is 9.31 Å². The van der Waals surface area contributed by atoms with Crippen molar-refractivity contribution in [1.29, 1.82) is 0 Å². The molecule has 0 spiro atoms. The van der Waals surface area contributed by atoms with E-state index in [0.29, 0.717) is 0 Å². The zero-order chi connectivity index (χ0) is 20.4.